The van der Waals surface area contributed by atoms with Crippen molar-refractivity contribution in [2.75, 3.05) is 0 Å². The number of ketones is 1. The first-order valence-electron chi connectivity index (χ1n) is 6.52. The molecule has 21 heavy (non-hydrogen) atoms. The van der Waals surface area contributed by atoms with E-state index in [0.29, 0.717) is 12.8 Å². The fourth-order valence-corrected chi connectivity index (χ4v) is 3.55. The van der Waals surface area contributed by atoms with Crippen LogP contribution in [-0.2, 0) is 4.79 Å². The van der Waals surface area contributed by atoms with Crippen molar-refractivity contribution in [3.63, 3.8) is 0 Å². The standard InChI is InChI=1S/C15H10ClF2NO2/c16-12-13(18)8(4-10(17)15(12)21)11-6-2-1-3-7(6)14(20)9(11)5-19/h4,6-7,21H,1-3H2. The molecule has 0 heterocycles. The molecule has 2 atom stereocenters. The highest BCUT2D eigenvalue weighted by Crippen LogP contribution is 2.50. The van der Waals surface area contributed by atoms with Gasteiger partial charge in [-0.15, -0.1) is 0 Å². The number of rotatable bonds is 1. The van der Waals surface area contributed by atoms with Gasteiger partial charge in [0.25, 0.3) is 0 Å². The zero-order valence-electron chi connectivity index (χ0n) is 10.8. The van der Waals surface area contributed by atoms with Crippen molar-refractivity contribution in [2.24, 2.45) is 11.8 Å². The van der Waals surface area contributed by atoms with E-state index < -0.39 is 22.4 Å². The number of carbonyl (C=O) groups excluding carboxylic acids is 1. The van der Waals surface area contributed by atoms with Crippen molar-refractivity contribution in [3.8, 4) is 11.8 Å². The van der Waals surface area contributed by atoms with E-state index >= 15 is 0 Å². The van der Waals surface area contributed by atoms with Gasteiger partial charge in [0.15, 0.2) is 23.2 Å². The van der Waals surface area contributed by atoms with Gasteiger partial charge in [-0.05, 0) is 30.4 Å². The first-order valence-corrected chi connectivity index (χ1v) is 6.90. The molecular weight excluding hydrogens is 300 g/mol. The van der Waals surface area contributed by atoms with E-state index in [-0.39, 0.29) is 34.3 Å². The van der Waals surface area contributed by atoms with Crippen molar-refractivity contribution in [3.05, 3.63) is 33.9 Å². The van der Waals surface area contributed by atoms with Crippen LogP contribution >= 0.6 is 11.6 Å². The summed E-state index contributed by atoms with van der Waals surface area (Å²) in [6.45, 7) is 0. The summed E-state index contributed by atoms with van der Waals surface area (Å²) in [6.07, 6.45) is 2.10. The van der Waals surface area contributed by atoms with Crippen molar-refractivity contribution in [1.29, 1.82) is 5.26 Å². The molecule has 2 unspecified atom stereocenters. The predicted molar refractivity (Wildman–Crippen MR) is 71.4 cm³/mol. The van der Waals surface area contributed by atoms with E-state index in [2.05, 4.69) is 0 Å². The molecule has 6 heteroatoms. The molecule has 1 aromatic carbocycles. The molecule has 0 aromatic heterocycles. The molecule has 0 bridgehead atoms. The number of nitriles is 1. The Bertz CT molecular complexity index is 736. The summed E-state index contributed by atoms with van der Waals surface area (Å²) in [5.41, 5.74) is -0.0948. The first kappa shape index (κ1) is 14.0. The van der Waals surface area contributed by atoms with Crippen LogP contribution in [0.2, 0.25) is 5.02 Å². The van der Waals surface area contributed by atoms with Gasteiger partial charge in [-0.2, -0.15) is 5.26 Å². The van der Waals surface area contributed by atoms with Crippen LogP contribution in [0, 0.1) is 34.8 Å². The van der Waals surface area contributed by atoms with Crippen LogP contribution in [0.25, 0.3) is 5.57 Å². The van der Waals surface area contributed by atoms with Gasteiger partial charge in [0.05, 0.1) is 5.57 Å². The topological polar surface area (TPSA) is 61.1 Å². The van der Waals surface area contributed by atoms with Crippen molar-refractivity contribution in [2.45, 2.75) is 19.3 Å². The monoisotopic (exact) mass is 309 g/mol. The van der Waals surface area contributed by atoms with Crippen molar-refractivity contribution < 1.29 is 18.7 Å². The summed E-state index contributed by atoms with van der Waals surface area (Å²) < 4.78 is 27.9. The van der Waals surface area contributed by atoms with Crippen LogP contribution in [-0.4, -0.2) is 10.9 Å². The van der Waals surface area contributed by atoms with E-state index in [1.54, 1.807) is 0 Å². The van der Waals surface area contributed by atoms with Crippen LogP contribution < -0.4 is 0 Å². The Labute approximate surface area is 124 Å². The number of hydrogen-bond donors (Lipinski definition) is 1. The number of phenols is 1. The number of benzene rings is 1. The van der Waals surface area contributed by atoms with E-state index in [1.807, 2.05) is 6.07 Å². The van der Waals surface area contributed by atoms with E-state index in [1.165, 1.54) is 0 Å². The molecule has 2 aliphatic carbocycles. The second-order valence-electron chi connectivity index (χ2n) is 5.29. The first-order chi connectivity index (χ1) is 9.97. The highest BCUT2D eigenvalue weighted by atomic mass is 35.5. The molecule has 1 N–H and O–H groups in total. The Balaban J connectivity index is 2.26. The van der Waals surface area contributed by atoms with Crippen molar-refractivity contribution >= 4 is 23.0 Å². The Hall–Kier alpha value is -1.93. The average molecular weight is 310 g/mol. The summed E-state index contributed by atoms with van der Waals surface area (Å²) >= 11 is 5.58. The predicted octanol–water partition coefficient (Wildman–Crippen LogP) is 3.60. The summed E-state index contributed by atoms with van der Waals surface area (Å²) in [5, 5.41) is 17.8. The normalized spacial score (nSPS) is 24.4. The highest BCUT2D eigenvalue weighted by molar-refractivity contribution is 6.32. The Morgan fingerprint density at radius 1 is 1.33 bits per heavy atom. The Morgan fingerprint density at radius 2 is 2.00 bits per heavy atom. The lowest BCUT2D eigenvalue weighted by Crippen LogP contribution is -2.11. The molecular formula is C15H10ClF2NO2. The molecule has 0 radical (unpaired) electrons. The van der Waals surface area contributed by atoms with Crippen LogP contribution in [0.1, 0.15) is 24.8 Å². The fourth-order valence-electron chi connectivity index (χ4n) is 3.35. The molecule has 0 saturated heterocycles. The number of carbonyl (C=O) groups is 1. The Kier molecular flexibility index (Phi) is 3.22. The average Bonchev–Trinajstić information content (AvgIpc) is 3.03. The minimum Gasteiger partial charge on any atom is -0.504 e. The van der Waals surface area contributed by atoms with Gasteiger partial charge >= 0.3 is 0 Å². The van der Waals surface area contributed by atoms with Crippen LogP contribution in [0.4, 0.5) is 8.78 Å². The molecule has 3 nitrogen and oxygen atoms in total. The van der Waals surface area contributed by atoms with Crippen LogP contribution in [0.5, 0.6) is 5.75 Å². The number of halogens is 3. The quantitative estimate of drug-likeness (QED) is 0.806. The number of Topliss-reactive ketones (excluding diaryl/α,β-unsaturated/α-hetero) is 1. The summed E-state index contributed by atoms with van der Waals surface area (Å²) in [5.74, 6) is -3.96. The molecule has 0 aliphatic heterocycles. The third-order valence-electron chi connectivity index (χ3n) is 4.28. The second-order valence-corrected chi connectivity index (χ2v) is 5.67. The number of hydrogen-bond acceptors (Lipinski definition) is 3. The molecule has 3 rings (SSSR count). The lowest BCUT2D eigenvalue weighted by atomic mass is 9.89. The molecule has 1 aromatic rings. The van der Waals surface area contributed by atoms with E-state index in [4.69, 9.17) is 11.6 Å². The summed E-state index contributed by atoms with van der Waals surface area (Å²) in [4.78, 5) is 12.2. The van der Waals surface area contributed by atoms with Gasteiger partial charge in [-0.25, -0.2) is 8.78 Å². The number of phenolic OH excluding ortho intramolecular Hbond substituents is 1. The SMILES string of the molecule is N#CC1=C(c2cc(F)c(O)c(Cl)c2F)C2CCCC2C1=O. The summed E-state index contributed by atoms with van der Waals surface area (Å²) in [6, 6.07) is 2.61. The maximum absolute atomic E-state index is 14.3. The number of nitrogens with zero attached hydrogens (tertiary/aromatic N) is 1. The van der Waals surface area contributed by atoms with Gasteiger partial charge in [0.1, 0.15) is 11.1 Å². The minimum absolute atomic E-state index is 0.121. The second kappa shape index (κ2) is 4.81. The molecule has 1 fully saturated rings. The lowest BCUT2D eigenvalue weighted by molar-refractivity contribution is -0.118. The maximum Gasteiger partial charge on any atom is 0.177 e. The number of allylic oxidation sites excluding steroid dienone is 2. The fraction of sp³-hybridized carbons (Fsp3) is 0.333. The highest BCUT2D eigenvalue weighted by Gasteiger charge is 2.46. The zero-order valence-corrected chi connectivity index (χ0v) is 11.5. The Morgan fingerprint density at radius 3 is 2.67 bits per heavy atom. The van der Waals surface area contributed by atoms with Crippen molar-refractivity contribution in [1.82, 2.24) is 0 Å². The third kappa shape index (κ3) is 1.86. The van der Waals surface area contributed by atoms with Gasteiger partial charge in [-0.3, -0.25) is 4.79 Å². The van der Waals surface area contributed by atoms with E-state index in [0.717, 1.165) is 12.5 Å². The smallest absolute Gasteiger partial charge is 0.177 e. The minimum atomic E-state index is -1.07. The lowest BCUT2D eigenvalue weighted by Gasteiger charge is -2.15. The van der Waals surface area contributed by atoms with Gasteiger partial charge in [0.2, 0.25) is 0 Å². The van der Waals surface area contributed by atoms with Gasteiger partial charge < -0.3 is 5.11 Å². The zero-order chi connectivity index (χ0) is 15.3. The van der Waals surface area contributed by atoms with E-state index in [9.17, 15) is 23.9 Å². The molecule has 108 valence electrons. The number of aromatic hydroxyl groups is 1. The van der Waals surface area contributed by atoms with Gasteiger partial charge in [0, 0.05) is 11.5 Å². The molecule has 0 spiro atoms. The third-order valence-corrected chi connectivity index (χ3v) is 4.62. The molecule has 2 aliphatic rings. The molecule has 0 amide bonds. The summed E-state index contributed by atoms with van der Waals surface area (Å²) in [7, 11) is 0. The van der Waals surface area contributed by atoms with Crippen LogP contribution in [0.3, 0.4) is 0 Å². The molecule has 1 saturated carbocycles. The maximum atomic E-state index is 14.3. The van der Waals surface area contributed by atoms with Gasteiger partial charge in [-0.1, -0.05) is 18.0 Å². The number of fused-ring (bicyclic) bond motifs is 1. The largest absolute Gasteiger partial charge is 0.504 e. The van der Waals surface area contributed by atoms with Crippen LogP contribution in [0.15, 0.2) is 11.6 Å².